The number of nitrogens with one attached hydrogen (secondary N) is 5. The van der Waals surface area contributed by atoms with Crippen LogP contribution in [0.2, 0.25) is 5.02 Å². The number of hydrogen-bond acceptors (Lipinski definition) is 8. The summed E-state index contributed by atoms with van der Waals surface area (Å²) in [5.41, 5.74) is 8.46. The Morgan fingerprint density at radius 1 is 1.29 bits per heavy atom. The zero-order valence-electron chi connectivity index (χ0n) is 20.2. The first-order valence-electron chi connectivity index (χ1n) is 10.9. The van der Waals surface area contributed by atoms with Crippen molar-refractivity contribution in [2.45, 2.75) is 64.6 Å². The highest BCUT2D eigenvalue weighted by Gasteiger charge is 2.38. The Labute approximate surface area is 203 Å². The third-order valence-electron chi connectivity index (χ3n) is 5.58. The number of benzene rings is 1. The summed E-state index contributed by atoms with van der Waals surface area (Å²) in [4.78, 5) is 20.5. The van der Waals surface area contributed by atoms with Gasteiger partial charge in [-0.05, 0) is 65.2 Å². The van der Waals surface area contributed by atoms with Crippen LogP contribution in [0.15, 0.2) is 23.6 Å². The number of carbonyl (C=O) groups is 1. The van der Waals surface area contributed by atoms with Crippen LogP contribution in [0.25, 0.3) is 0 Å². The third kappa shape index (κ3) is 5.89. The second-order valence-electron chi connectivity index (χ2n) is 9.73. The molecule has 0 spiro atoms. The van der Waals surface area contributed by atoms with E-state index in [0.717, 1.165) is 24.0 Å². The van der Waals surface area contributed by atoms with Crippen LogP contribution >= 0.6 is 11.6 Å². The van der Waals surface area contributed by atoms with E-state index in [1.807, 2.05) is 0 Å². The summed E-state index contributed by atoms with van der Waals surface area (Å²) in [7, 11) is 1.44. The largest absolute Gasteiger partial charge is 0.365 e. The Kier molecular flexibility index (Phi) is 7.27. The average molecular weight is 492 g/mol. The molecule has 0 radical (unpaired) electrons. The number of hydrogen-bond donors (Lipinski definition) is 5. The van der Waals surface area contributed by atoms with E-state index in [-0.39, 0.29) is 28.9 Å². The number of amides is 2. The fourth-order valence-corrected chi connectivity index (χ4v) is 4.76. The van der Waals surface area contributed by atoms with Crippen LogP contribution < -0.4 is 26.3 Å². The molecule has 34 heavy (non-hydrogen) atoms. The molecule has 1 aliphatic heterocycles. The summed E-state index contributed by atoms with van der Waals surface area (Å²) >= 11 is 6.35. The molecule has 0 unspecified atom stereocenters. The number of anilines is 4. The lowest BCUT2D eigenvalue weighted by Crippen LogP contribution is -2.60. The van der Waals surface area contributed by atoms with Crippen LogP contribution in [-0.4, -0.2) is 40.2 Å². The first-order valence-corrected chi connectivity index (χ1v) is 11.3. The molecule has 1 saturated heterocycles. The lowest BCUT2D eigenvalue weighted by atomic mass is 9.79. The quantitative estimate of drug-likeness (QED) is 0.281. The van der Waals surface area contributed by atoms with Gasteiger partial charge in [-0.2, -0.15) is 15.5 Å². The maximum absolute atomic E-state index is 14.6. The highest BCUT2D eigenvalue weighted by Crippen LogP contribution is 2.33. The predicted molar refractivity (Wildman–Crippen MR) is 131 cm³/mol. The normalized spacial score (nSPS) is 17.1. The van der Waals surface area contributed by atoms with E-state index in [0.29, 0.717) is 22.0 Å². The van der Waals surface area contributed by atoms with Gasteiger partial charge in [0.1, 0.15) is 0 Å². The van der Waals surface area contributed by atoms with E-state index in [4.69, 9.17) is 17.1 Å². The summed E-state index contributed by atoms with van der Waals surface area (Å²) in [5, 5.41) is 16.8. The maximum atomic E-state index is 14.6. The van der Waals surface area contributed by atoms with Gasteiger partial charge in [0.15, 0.2) is 11.6 Å². The summed E-state index contributed by atoms with van der Waals surface area (Å²) in [6.07, 6.45) is 2.69. The lowest BCUT2D eigenvalue weighted by Gasteiger charge is -2.46. The topological polar surface area (TPSA) is 130 Å². The van der Waals surface area contributed by atoms with Crippen LogP contribution in [0.5, 0.6) is 0 Å². The van der Waals surface area contributed by atoms with Gasteiger partial charge in [0.25, 0.3) is 0 Å². The van der Waals surface area contributed by atoms with Crippen LogP contribution in [0.3, 0.4) is 0 Å². The maximum Gasteiger partial charge on any atom is 0.343 e. The van der Waals surface area contributed by atoms with Crippen molar-refractivity contribution in [2.24, 2.45) is 5.22 Å². The van der Waals surface area contributed by atoms with Gasteiger partial charge in [0.05, 0.1) is 11.9 Å². The van der Waals surface area contributed by atoms with Crippen LogP contribution in [0.1, 0.15) is 46.1 Å². The second-order valence-corrected chi connectivity index (χ2v) is 10.1. The minimum atomic E-state index is -0.594. The van der Waals surface area contributed by atoms with Gasteiger partial charge in [-0.25, -0.2) is 14.2 Å². The van der Waals surface area contributed by atoms with Crippen molar-refractivity contribution in [3.63, 3.8) is 0 Å². The number of piperidine rings is 1. The average Bonchev–Trinajstić information content (AvgIpc) is 2.71. The van der Waals surface area contributed by atoms with E-state index >= 15 is 0 Å². The van der Waals surface area contributed by atoms with E-state index in [1.54, 1.807) is 19.1 Å². The number of nitrogens with zero attached hydrogens (tertiary/aromatic N) is 4. The minimum absolute atomic E-state index is 0.0173. The van der Waals surface area contributed by atoms with Crippen molar-refractivity contribution in [3.05, 3.63) is 34.7 Å². The van der Waals surface area contributed by atoms with Crippen molar-refractivity contribution >= 4 is 40.8 Å². The molecule has 12 heteroatoms. The number of rotatable bonds is 6. The number of halogens is 2. The Balaban J connectivity index is 1.87. The van der Waals surface area contributed by atoms with Gasteiger partial charge >= 0.3 is 6.03 Å². The zero-order chi connectivity index (χ0) is 25.3. The molecule has 2 heterocycles. The van der Waals surface area contributed by atoms with E-state index in [2.05, 4.69) is 64.2 Å². The number of carbonyl (C=O) groups excluding carboxylic acids is 1. The fourth-order valence-electron chi connectivity index (χ4n) is 4.55. The minimum Gasteiger partial charge on any atom is -0.365 e. The van der Waals surface area contributed by atoms with Gasteiger partial charge in [0, 0.05) is 34.9 Å². The molecule has 3 rings (SSSR count). The van der Waals surface area contributed by atoms with Gasteiger partial charge in [0.2, 0.25) is 5.95 Å². The summed E-state index contributed by atoms with van der Waals surface area (Å²) in [6.45, 7) is 10.2. The standard InChI is InChI=1S/C22H31ClFN9O/c1-12-15(23)7-13(8-17(12)33(32-25)20(34)26-6)29-19-27-11-16(24)18(30-19)28-14-9-21(2,3)31-22(4,5)10-14/h7-8,11,14,25,31H,9-10H2,1-6H3,(H,26,34)(H2,27,28,29,30). The lowest BCUT2D eigenvalue weighted by molar-refractivity contribution is 0.170. The van der Waals surface area contributed by atoms with Gasteiger partial charge in [-0.3, -0.25) is 0 Å². The highest BCUT2D eigenvalue weighted by atomic mass is 35.5. The predicted octanol–water partition coefficient (Wildman–Crippen LogP) is 5.13. The molecule has 2 aromatic rings. The van der Waals surface area contributed by atoms with Crippen molar-refractivity contribution in [1.82, 2.24) is 20.6 Å². The van der Waals surface area contributed by atoms with E-state index in [1.165, 1.54) is 7.05 Å². The zero-order valence-corrected chi connectivity index (χ0v) is 20.9. The van der Waals surface area contributed by atoms with Gasteiger partial charge in [-0.1, -0.05) is 16.8 Å². The molecular weight excluding hydrogens is 461 g/mol. The molecule has 5 N–H and O–H groups in total. The van der Waals surface area contributed by atoms with Crippen molar-refractivity contribution in [1.29, 1.82) is 5.53 Å². The molecule has 1 fully saturated rings. The van der Waals surface area contributed by atoms with E-state index in [9.17, 15) is 9.18 Å². The third-order valence-corrected chi connectivity index (χ3v) is 5.98. The van der Waals surface area contributed by atoms with Crippen molar-refractivity contribution in [2.75, 3.05) is 22.7 Å². The molecule has 10 nitrogen and oxygen atoms in total. The van der Waals surface area contributed by atoms with Crippen molar-refractivity contribution < 1.29 is 9.18 Å². The molecule has 0 bridgehead atoms. The summed E-state index contributed by atoms with van der Waals surface area (Å²) in [5.74, 6) is -0.305. The monoisotopic (exact) mass is 491 g/mol. The van der Waals surface area contributed by atoms with Crippen LogP contribution in [0, 0.1) is 18.3 Å². The molecular formula is C22H31ClFN9O. The number of aromatic nitrogens is 2. The number of urea groups is 1. The molecule has 2 amide bonds. The molecule has 1 aromatic heterocycles. The Morgan fingerprint density at radius 2 is 1.94 bits per heavy atom. The van der Waals surface area contributed by atoms with Gasteiger partial charge < -0.3 is 21.3 Å². The molecule has 1 aromatic carbocycles. The Morgan fingerprint density at radius 3 is 2.53 bits per heavy atom. The smallest absolute Gasteiger partial charge is 0.343 e. The molecule has 184 valence electrons. The molecule has 0 saturated carbocycles. The summed E-state index contributed by atoms with van der Waals surface area (Å²) < 4.78 is 14.6. The molecule has 1 aliphatic rings. The fraction of sp³-hybridized carbons (Fsp3) is 0.500. The highest BCUT2D eigenvalue weighted by molar-refractivity contribution is 6.32. The van der Waals surface area contributed by atoms with E-state index < -0.39 is 11.8 Å². The summed E-state index contributed by atoms with van der Waals surface area (Å²) in [6, 6.07) is 2.64. The Bertz CT molecular complexity index is 1080. The molecule has 0 atom stereocenters. The first kappa shape index (κ1) is 25.6. The second kappa shape index (κ2) is 9.67. The Hall–Kier alpha value is -3.05. The SMILES string of the molecule is CNC(=O)N(N=N)c1cc(Nc2ncc(F)c(NC3CC(C)(C)NC(C)(C)C3)n2)cc(Cl)c1C. The first-order chi connectivity index (χ1) is 15.8. The van der Waals surface area contributed by atoms with Crippen LogP contribution in [0.4, 0.5) is 32.3 Å². The van der Waals surface area contributed by atoms with Gasteiger partial charge in [-0.15, -0.1) is 0 Å². The molecule has 0 aliphatic carbocycles. The van der Waals surface area contributed by atoms with Crippen molar-refractivity contribution in [3.8, 4) is 0 Å². The van der Waals surface area contributed by atoms with Crippen LogP contribution in [-0.2, 0) is 0 Å².